The van der Waals surface area contributed by atoms with Crippen LogP contribution in [-0.2, 0) is 30.2 Å². The number of fused-ring (bicyclic) bond motifs is 1. The van der Waals surface area contributed by atoms with Crippen molar-refractivity contribution in [1.29, 1.82) is 5.41 Å². The van der Waals surface area contributed by atoms with Crippen LogP contribution in [0.4, 0.5) is 4.39 Å². The third-order valence-corrected chi connectivity index (χ3v) is 6.28. The summed E-state index contributed by atoms with van der Waals surface area (Å²) < 4.78 is 47.3. The van der Waals surface area contributed by atoms with Crippen LogP contribution in [0.2, 0.25) is 0 Å². The number of nitrogen functional groups attached to an aromatic ring is 1. The van der Waals surface area contributed by atoms with Gasteiger partial charge < -0.3 is 44.2 Å². The number of methoxy groups -OCH3 is 2. The summed E-state index contributed by atoms with van der Waals surface area (Å²) in [6.07, 6.45) is -0.382. The molecule has 0 saturated heterocycles. The minimum atomic E-state index is -1.09. The van der Waals surface area contributed by atoms with Gasteiger partial charge in [0, 0.05) is 25.3 Å². The first kappa shape index (κ1) is 31.4. The number of aliphatic carboxylic acids is 1. The van der Waals surface area contributed by atoms with Crippen molar-refractivity contribution in [3.05, 3.63) is 65.6 Å². The zero-order chi connectivity index (χ0) is 30.8. The number of aromatic amines is 1. The number of aromatic nitrogens is 2. The van der Waals surface area contributed by atoms with Crippen molar-refractivity contribution in [3.63, 3.8) is 0 Å². The molecule has 43 heavy (non-hydrogen) atoms. The number of benzene rings is 2. The Bertz CT molecular complexity index is 1580. The molecule has 2 aromatic carbocycles. The molecule has 0 bridgehead atoms. The Morgan fingerprint density at radius 1 is 0.907 bits per heavy atom. The number of carbonyl (C=O) groups is 1. The highest BCUT2D eigenvalue weighted by Gasteiger charge is 2.21. The van der Waals surface area contributed by atoms with Crippen molar-refractivity contribution in [1.82, 2.24) is 9.97 Å². The van der Waals surface area contributed by atoms with E-state index in [1.54, 1.807) is 44.6 Å². The second-order valence-electron chi connectivity index (χ2n) is 9.27. The maximum atomic E-state index is 14.6. The number of halogens is 1. The first-order valence-electron chi connectivity index (χ1n) is 13.2. The average Bonchev–Trinajstić information content (AvgIpc) is 3.41. The third kappa shape index (κ3) is 8.26. The Morgan fingerprint density at radius 3 is 2.26 bits per heavy atom. The van der Waals surface area contributed by atoms with Crippen LogP contribution in [0, 0.1) is 11.2 Å². The standard InChI is InChI=1S/C30H33FN4O8/c1-38-7-9-40-16-42-27-6-3-19(31)13-21(27)20-14-22(25-15-26-23(34-25)4-5-24(35-26)30(32)33)28(11-18(20)12-29(36)37)43-17-41-10-8-39-2/h3-6,11,13-15,34H,7-10,12,16-17H2,1-2H3,(H3,32,33)(H,36,37). The van der Waals surface area contributed by atoms with Gasteiger partial charge in [-0.05, 0) is 59.7 Å². The lowest BCUT2D eigenvalue weighted by atomic mass is 9.93. The van der Waals surface area contributed by atoms with Gasteiger partial charge in [0.25, 0.3) is 0 Å². The van der Waals surface area contributed by atoms with E-state index in [-0.39, 0.29) is 38.2 Å². The second kappa shape index (κ2) is 15.1. The van der Waals surface area contributed by atoms with Gasteiger partial charge in [0.15, 0.2) is 13.6 Å². The van der Waals surface area contributed by atoms with Crippen LogP contribution in [0.1, 0.15) is 11.3 Å². The maximum absolute atomic E-state index is 14.6. The Labute approximate surface area is 246 Å². The lowest BCUT2D eigenvalue weighted by Crippen LogP contribution is -2.12. The van der Waals surface area contributed by atoms with E-state index in [4.69, 9.17) is 39.6 Å². The molecule has 0 atom stereocenters. The van der Waals surface area contributed by atoms with E-state index >= 15 is 0 Å². The molecule has 0 fully saturated rings. The molecule has 4 rings (SSSR count). The highest BCUT2D eigenvalue weighted by Crippen LogP contribution is 2.41. The topological polar surface area (TPSA) is 171 Å². The molecule has 0 spiro atoms. The van der Waals surface area contributed by atoms with Gasteiger partial charge in [-0.2, -0.15) is 0 Å². The van der Waals surface area contributed by atoms with Crippen molar-refractivity contribution >= 4 is 22.8 Å². The smallest absolute Gasteiger partial charge is 0.307 e. The molecular weight excluding hydrogens is 563 g/mol. The van der Waals surface area contributed by atoms with E-state index in [2.05, 4.69) is 9.97 Å². The predicted octanol–water partition coefficient (Wildman–Crippen LogP) is 3.95. The molecular formula is C30H33FN4O8. The number of ether oxygens (including phenoxy) is 6. The molecule has 5 N–H and O–H groups in total. The molecule has 0 aliphatic heterocycles. The van der Waals surface area contributed by atoms with E-state index in [0.717, 1.165) is 0 Å². The monoisotopic (exact) mass is 596 g/mol. The van der Waals surface area contributed by atoms with Crippen LogP contribution in [0.25, 0.3) is 33.4 Å². The van der Waals surface area contributed by atoms with Crippen LogP contribution >= 0.6 is 0 Å². The molecule has 0 aliphatic carbocycles. The molecule has 0 radical (unpaired) electrons. The zero-order valence-corrected chi connectivity index (χ0v) is 23.8. The average molecular weight is 597 g/mol. The fourth-order valence-corrected chi connectivity index (χ4v) is 4.27. The van der Waals surface area contributed by atoms with Crippen LogP contribution in [-0.4, -0.2) is 81.1 Å². The number of amidine groups is 1. The number of carboxylic acids is 1. The van der Waals surface area contributed by atoms with Crippen molar-refractivity contribution in [2.75, 3.05) is 54.2 Å². The number of H-pyrrole nitrogens is 1. The van der Waals surface area contributed by atoms with Crippen LogP contribution in [0.15, 0.2) is 48.5 Å². The van der Waals surface area contributed by atoms with Gasteiger partial charge in [-0.25, -0.2) is 9.37 Å². The lowest BCUT2D eigenvalue weighted by Gasteiger charge is -2.19. The van der Waals surface area contributed by atoms with E-state index in [0.29, 0.717) is 70.2 Å². The van der Waals surface area contributed by atoms with Gasteiger partial charge in [-0.1, -0.05) is 0 Å². The zero-order valence-electron chi connectivity index (χ0n) is 23.8. The summed E-state index contributed by atoms with van der Waals surface area (Å²) in [6.45, 7) is 1.04. The number of hydrogen-bond acceptors (Lipinski definition) is 9. The molecule has 13 heteroatoms. The first-order chi connectivity index (χ1) is 20.8. The Balaban J connectivity index is 1.84. The molecule has 2 aromatic heterocycles. The van der Waals surface area contributed by atoms with Crippen LogP contribution in [0.3, 0.4) is 0 Å². The minimum absolute atomic E-state index is 0.130. The highest BCUT2D eigenvalue weighted by molar-refractivity contribution is 5.96. The van der Waals surface area contributed by atoms with Crippen LogP contribution in [0.5, 0.6) is 11.5 Å². The van der Waals surface area contributed by atoms with E-state index < -0.39 is 11.8 Å². The number of carboxylic acid groups (broad SMARTS) is 1. The summed E-state index contributed by atoms with van der Waals surface area (Å²) in [5.41, 5.74) is 9.33. The van der Waals surface area contributed by atoms with E-state index in [9.17, 15) is 14.3 Å². The quantitative estimate of drug-likeness (QED) is 0.0605. The van der Waals surface area contributed by atoms with Gasteiger partial charge >= 0.3 is 5.97 Å². The molecule has 0 amide bonds. The fourth-order valence-electron chi connectivity index (χ4n) is 4.27. The normalized spacial score (nSPS) is 11.1. The van der Waals surface area contributed by atoms with E-state index in [1.807, 2.05) is 0 Å². The number of nitrogens with two attached hydrogens (primary N) is 1. The molecule has 0 unspecified atom stereocenters. The molecule has 2 heterocycles. The largest absolute Gasteiger partial charge is 0.481 e. The molecule has 12 nitrogen and oxygen atoms in total. The number of pyridine rings is 1. The van der Waals surface area contributed by atoms with Crippen molar-refractivity contribution in [2.24, 2.45) is 5.73 Å². The number of rotatable bonds is 17. The van der Waals surface area contributed by atoms with Crippen LogP contribution < -0.4 is 15.2 Å². The van der Waals surface area contributed by atoms with Gasteiger partial charge in [0.1, 0.15) is 28.8 Å². The van der Waals surface area contributed by atoms with Gasteiger partial charge in [-0.3, -0.25) is 10.2 Å². The molecule has 0 saturated carbocycles. The summed E-state index contributed by atoms with van der Waals surface area (Å²) in [5.74, 6) is -1.20. The van der Waals surface area contributed by atoms with Gasteiger partial charge in [0.05, 0.1) is 49.6 Å². The van der Waals surface area contributed by atoms with Crippen molar-refractivity contribution in [3.8, 4) is 33.9 Å². The third-order valence-electron chi connectivity index (χ3n) is 6.28. The number of nitrogens with zero attached hydrogens (tertiary/aromatic N) is 1. The predicted molar refractivity (Wildman–Crippen MR) is 156 cm³/mol. The number of hydrogen-bond donors (Lipinski definition) is 4. The maximum Gasteiger partial charge on any atom is 0.307 e. The number of nitrogens with one attached hydrogen (secondary N) is 2. The summed E-state index contributed by atoms with van der Waals surface area (Å²) in [6, 6.07) is 12.4. The Hall–Kier alpha value is -4.56. The van der Waals surface area contributed by atoms with Gasteiger partial charge in [0.2, 0.25) is 0 Å². The molecule has 228 valence electrons. The summed E-state index contributed by atoms with van der Waals surface area (Å²) in [7, 11) is 3.10. The summed E-state index contributed by atoms with van der Waals surface area (Å²) >= 11 is 0. The Kier molecular flexibility index (Phi) is 11.0. The lowest BCUT2D eigenvalue weighted by molar-refractivity contribution is -0.136. The Morgan fingerprint density at radius 2 is 1.60 bits per heavy atom. The molecule has 4 aromatic rings. The fraction of sp³-hybridized carbons (Fsp3) is 0.300. The first-order valence-corrected chi connectivity index (χ1v) is 13.2. The summed E-state index contributed by atoms with van der Waals surface area (Å²) in [4.78, 5) is 19.6. The molecule has 0 aliphatic rings. The summed E-state index contributed by atoms with van der Waals surface area (Å²) in [5, 5.41) is 17.5. The highest BCUT2D eigenvalue weighted by atomic mass is 19.1. The van der Waals surface area contributed by atoms with E-state index in [1.165, 1.54) is 18.2 Å². The second-order valence-corrected chi connectivity index (χ2v) is 9.27. The SMILES string of the molecule is COCCOCOc1cc(CC(=O)O)c(-c2cc(F)ccc2OCOCCOC)cc1-c1cc2nc(C(=N)N)ccc2[nH]1. The minimum Gasteiger partial charge on any atom is -0.481 e. The van der Waals surface area contributed by atoms with Crippen molar-refractivity contribution < 1.29 is 42.7 Å². The van der Waals surface area contributed by atoms with Crippen molar-refractivity contribution in [2.45, 2.75) is 6.42 Å². The van der Waals surface area contributed by atoms with Gasteiger partial charge in [-0.15, -0.1) is 0 Å².